The standard InChI is InChI=1S/C47H42FN7O2/c1-31-20-46(40-21-33(26-49)10-12-44(40)52-31)57-39-16-19-55(29-32-6-3-2-4-7-32)37(25-39)23-36-24-47(41-22-34(27-50)11-13-45(41)53-36)56-38-14-17-54(18-15-38)30-42-35(28-51)8-5-9-43(42)48/h2-13,20-22,24,37-39H,14-19,23,25,29-30H2,1H3. The van der Waals surface area contributed by atoms with Crippen LogP contribution in [0, 0.1) is 46.7 Å². The fourth-order valence-corrected chi connectivity index (χ4v) is 8.25. The number of ether oxygens (including phenoxy) is 2. The van der Waals surface area contributed by atoms with Crippen molar-refractivity contribution in [2.45, 2.75) is 70.4 Å². The van der Waals surface area contributed by atoms with Gasteiger partial charge in [0.2, 0.25) is 0 Å². The second-order valence-corrected chi connectivity index (χ2v) is 15.1. The Labute approximate surface area is 332 Å². The molecule has 4 heterocycles. The lowest BCUT2D eigenvalue weighted by Crippen LogP contribution is -2.46. The van der Waals surface area contributed by atoms with E-state index in [1.54, 1.807) is 24.3 Å². The molecule has 9 nitrogen and oxygen atoms in total. The van der Waals surface area contributed by atoms with Gasteiger partial charge >= 0.3 is 0 Å². The fourth-order valence-electron chi connectivity index (χ4n) is 8.25. The number of piperidine rings is 2. The van der Waals surface area contributed by atoms with E-state index in [-0.39, 0.29) is 24.1 Å². The minimum Gasteiger partial charge on any atom is -0.490 e. The highest BCUT2D eigenvalue weighted by molar-refractivity contribution is 5.87. The van der Waals surface area contributed by atoms with Crippen molar-refractivity contribution in [3.05, 3.63) is 142 Å². The van der Waals surface area contributed by atoms with E-state index in [0.29, 0.717) is 54.1 Å². The van der Waals surface area contributed by atoms with Gasteiger partial charge in [0.15, 0.2) is 0 Å². The number of aromatic nitrogens is 2. The van der Waals surface area contributed by atoms with Crippen LogP contribution in [-0.4, -0.2) is 57.7 Å². The van der Waals surface area contributed by atoms with Crippen molar-refractivity contribution in [2.75, 3.05) is 19.6 Å². The lowest BCUT2D eigenvalue weighted by Gasteiger charge is -2.39. The van der Waals surface area contributed by atoms with Crippen LogP contribution in [0.4, 0.5) is 4.39 Å². The number of fused-ring (bicyclic) bond motifs is 2. The highest BCUT2D eigenvalue weighted by atomic mass is 19.1. The monoisotopic (exact) mass is 755 g/mol. The molecule has 0 radical (unpaired) electrons. The first-order valence-electron chi connectivity index (χ1n) is 19.5. The van der Waals surface area contributed by atoms with Gasteiger partial charge in [0, 0.05) is 91.5 Å². The molecule has 0 aliphatic carbocycles. The molecule has 0 bridgehead atoms. The summed E-state index contributed by atoms with van der Waals surface area (Å²) < 4.78 is 28.3. The zero-order valence-electron chi connectivity index (χ0n) is 31.9. The van der Waals surface area contributed by atoms with Gasteiger partial charge in [0.25, 0.3) is 0 Å². The average molecular weight is 756 g/mol. The Bertz CT molecular complexity index is 2550. The van der Waals surface area contributed by atoms with Crippen LogP contribution in [0.15, 0.2) is 97.1 Å². The van der Waals surface area contributed by atoms with Crippen LogP contribution in [0.1, 0.15) is 64.9 Å². The van der Waals surface area contributed by atoms with Crippen molar-refractivity contribution in [1.82, 2.24) is 19.8 Å². The van der Waals surface area contributed by atoms with Gasteiger partial charge in [-0.2, -0.15) is 15.8 Å². The number of nitriles is 3. The molecular weight excluding hydrogens is 714 g/mol. The summed E-state index contributed by atoms with van der Waals surface area (Å²) >= 11 is 0. The van der Waals surface area contributed by atoms with Crippen LogP contribution in [-0.2, 0) is 19.5 Å². The summed E-state index contributed by atoms with van der Waals surface area (Å²) in [5.74, 6) is 1.09. The zero-order valence-corrected chi connectivity index (χ0v) is 31.9. The first kappa shape index (κ1) is 37.5. The second kappa shape index (κ2) is 16.8. The van der Waals surface area contributed by atoms with Crippen LogP contribution in [0.2, 0.25) is 0 Å². The molecule has 0 spiro atoms. The predicted molar refractivity (Wildman–Crippen MR) is 216 cm³/mol. The molecule has 2 aliphatic heterocycles. The summed E-state index contributed by atoms with van der Waals surface area (Å²) in [6.45, 7) is 5.36. The van der Waals surface area contributed by atoms with Crippen LogP contribution in [0.3, 0.4) is 0 Å². The summed E-state index contributed by atoms with van der Waals surface area (Å²) in [7, 11) is 0. The predicted octanol–water partition coefficient (Wildman–Crippen LogP) is 8.54. The number of nitrogens with zero attached hydrogens (tertiary/aromatic N) is 7. The maximum atomic E-state index is 14.7. The molecule has 6 aromatic rings. The minimum atomic E-state index is -0.357. The second-order valence-electron chi connectivity index (χ2n) is 15.1. The van der Waals surface area contributed by atoms with Crippen molar-refractivity contribution in [1.29, 1.82) is 15.8 Å². The third-order valence-corrected chi connectivity index (χ3v) is 11.2. The highest BCUT2D eigenvalue weighted by Crippen LogP contribution is 2.34. The van der Waals surface area contributed by atoms with Crippen molar-refractivity contribution >= 4 is 21.8 Å². The minimum absolute atomic E-state index is 0.0640. The average Bonchev–Trinajstić information content (AvgIpc) is 3.23. The molecule has 57 heavy (non-hydrogen) atoms. The number of likely N-dealkylation sites (tertiary alicyclic amines) is 2. The van der Waals surface area contributed by atoms with Crippen molar-refractivity contribution in [2.24, 2.45) is 0 Å². The smallest absolute Gasteiger partial charge is 0.130 e. The number of rotatable bonds is 10. The van der Waals surface area contributed by atoms with E-state index in [1.165, 1.54) is 11.6 Å². The van der Waals surface area contributed by atoms with Gasteiger partial charge in [0.1, 0.15) is 29.5 Å². The summed E-state index contributed by atoms with van der Waals surface area (Å²) in [6, 6.07) is 37.0. The van der Waals surface area contributed by atoms with Gasteiger partial charge in [-0.1, -0.05) is 36.4 Å². The molecule has 2 fully saturated rings. The molecule has 2 atom stereocenters. The maximum Gasteiger partial charge on any atom is 0.130 e. The van der Waals surface area contributed by atoms with Crippen molar-refractivity contribution < 1.29 is 13.9 Å². The van der Waals surface area contributed by atoms with E-state index in [2.05, 4.69) is 57.3 Å². The molecular formula is C47H42FN7O2. The molecule has 4 aromatic carbocycles. The Balaban J connectivity index is 1.05. The van der Waals surface area contributed by atoms with E-state index in [1.807, 2.05) is 49.4 Å². The molecule has 8 rings (SSSR count). The highest BCUT2D eigenvalue weighted by Gasteiger charge is 2.31. The molecule has 0 amide bonds. The van der Waals surface area contributed by atoms with E-state index in [0.717, 1.165) is 77.7 Å². The normalized spacial score (nSPS) is 17.8. The van der Waals surface area contributed by atoms with Crippen LogP contribution >= 0.6 is 0 Å². The topological polar surface area (TPSA) is 122 Å². The Morgan fingerprint density at radius 2 is 1.37 bits per heavy atom. The Morgan fingerprint density at radius 3 is 2.07 bits per heavy atom. The van der Waals surface area contributed by atoms with Crippen LogP contribution in [0.25, 0.3) is 21.8 Å². The van der Waals surface area contributed by atoms with Gasteiger partial charge in [-0.25, -0.2) is 4.39 Å². The van der Waals surface area contributed by atoms with Gasteiger partial charge in [-0.15, -0.1) is 0 Å². The van der Waals surface area contributed by atoms with Crippen molar-refractivity contribution in [3.63, 3.8) is 0 Å². The van der Waals surface area contributed by atoms with E-state index in [9.17, 15) is 20.2 Å². The molecule has 2 aromatic heterocycles. The van der Waals surface area contributed by atoms with Gasteiger partial charge in [-0.05, 0) is 80.3 Å². The molecule has 0 N–H and O–H groups in total. The molecule has 10 heteroatoms. The number of hydrogen-bond donors (Lipinski definition) is 0. The summed E-state index contributed by atoms with van der Waals surface area (Å²) in [5.41, 5.74) is 6.48. The number of benzene rings is 4. The Hall–Kier alpha value is -6.38. The van der Waals surface area contributed by atoms with Crippen molar-refractivity contribution in [3.8, 4) is 29.7 Å². The number of halogens is 1. The van der Waals surface area contributed by atoms with E-state index >= 15 is 0 Å². The Kier molecular flexibility index (Phi) is 11.0. The third-order valence-electron chi connectivity index (χ3n) is 11.2. The van der Waals surface area contributed by atoms with E-state index < -0.39 is 0 Å². The van der Waals surface area contributed by atoms with Gasteiger partial charge in [0.05, 0.1) is 45.9 Å². The fraction of sp³-hybridized carbons (Fsp3) is 0.298. The number of aryl methyl sites for hydroxylation is 1. The SMILES string of the molecule is Cc1cc(OC2CCN(Cc3ccccc3)C(Cc3cc(OC4CCN(Cc5c(F)cccc5C#N)CC4)c4cc(C#N)ccc4n3)C2)c2cc(C#N)ccc2n1. The number of pyridine rings is 2. The Morgan fingerprint density at radius 1 is 0.702 bits per heavy atom. The van der Waals surface area contributed by atoms with Gasteiger partial charge < -0.3 is 9.47 Å². The van der Waals surface area contributed by atoms with Crippen LogP contribution < -0.4 is 9.47 Å². The lowest BCUT2D eigenvalue weighted by molar-refractivity contribution is 0.0512. The molecule has 0 saturated carbocycles. The maximum absolute atomic E-state index is 14.7. The molecule has 2 unspecified atom stereocenters. The molecule has 284 valence electrons. The molecule has 2 aliphatic rings. The molecule has 2 saturated heterocycles. The third kappa shape index (κ3) is 8.56. The van der Waals surface area contributed by atoms with Gasteiger partial charge in [-0.3, -0.25) is 19.8 Å². The summed E-state index contributed by atoms with van der Waals surface area (Å²) in [5, 5.41) is 30.6. The number of hydrogen-bond acceptors (Lipinski definition) is 9. The first-order valence-corrected chi connectivity index (χ1v) is 19.5. The lowest BCUT2D eigenvalue weighted by atomic mass is 9.94. The van der Waals surface area contributed by atoms with E-state index in [4.69, 9.17) is 14.5 Å². The first-order chi connectivity index (χ1) is 27.8. The summed E-state index contributed by atoms with van der Waals surface area (Å²) in [4.78, 5) is 14.5. The van der Waals surface area contributed by atoms with Crippen LogP contribution in [0.5, 0.6) is 11.5 Å². The summed E-state index contributed by atoms with van der Waals surface area (Å²) in [6.07, 6.45) is 3.60. The largest absolute Gasteiger partial charge is 0.490 e. The quantitative estimate of drug-likeness (QED) is 0.135. The zero-order chi connectivity index (χ0) is 39.3.